The van der Waals surface area contributed by atoms with Gasteiger partial charge in [-0.2, -0.15) is 0 Å². The van der Waals surface area contributed by atoms with Crippen LogP contribution in [0.15, 0.2) is 0 Å². The van der Waals surface area contributed by atoms with Crippen molar-refractivity contribution in [3.05, 3.63) is 30.3 Å². The van der Waals surface area contributed by atoms with E-state index in [-0.39, 0.29) is 6.61 Å². The molecule has 0 aromatic heterocycles. The SMILES string of the molecule is O=[N+]([O-])C(CC1CO1)([N+](=O)[O-])[N+](=O)[O-]. The van der Waals surface area contributed by atoms with Gasteiger partial charge in [-0.1, -0.05) is 0 Å². The lowest BCUT2D eigenvalue weighted by molar-refractivity contribution is -0.970. The predicted octanol–water partition coefficient (Wildman–Crippen LogP) is -0.741. The van der Waals surface area contributed by atoms with Crippen molar-refractivity contribution >= 4 is 0 Å². The molecule has 0 aliphatic carbocycles. The molecule has 10 nitrogen and oxygen atoms in total. The number of ether oxygens (including phenoxy) is 1. The highest BCUT2D eigenvalue weighted by Gasteiger charge is 2.72. The van der Waals surface area contributed by atoms with Gasteiger partial charge in [0.05, 0.1) is 6.61 Å². The number of hydrogen-bond acceptors (Lipinski definition) is 7. The fourth-order valence-corrected chi connectivity index (χ4v) is 0.915. The van der Waals surface area contributed by atoms with E-state index in [0.717, 1.165) is 0 Å². The molecular weight excluding hydrogens is 202 g/mol. The topological polar surface area (TPSA) is 142 Å². The summed E-state index contributed by atoms with van der Waals surface area (Å²) in [6.07, 6.45) is -1.61. The fraction of sp³-hybridized carbons (Fsp3) is 1.00. The third-order valence-corrected chi connectivity index (χ3v) is 1.78. The van der Waals surface area contributed by atoms with Gasteiger partial charge in [0.2, 0.25) is 0 Å². The number of rotatable bonds is 5. The zero-order chi connectivity index (χ0) is 10.9. The number of nitrogens with zero attached hydrogens (tertiary/aromatic N) is 3. The van der Waals surface area contributed by atoms with Crippen molar-refractivity contribution in [2.45, 2.75) is 18.3 Å². The van der Waals surface area contributed by atoms with Crippen LogP contribution in [-0.2, 0) is 4.74 Å². The zero-order valence-electron chi connectivity index (χ0n) is 6.69. The molecule has 0 saturated carbocycles. The van der Waals surface area contributed by atoms with E-state index in [1.165, 1.54) is 0 Å². The Kier molecular flexibility index (Phi) is 2.30. The van der Waals surface area contributed by atoms with Crippen LogP contribution in [0, 0.1) is 30.3 Å². The lowest BCUT2D eigenvalue weighted by Gasteiger charge is -2.06. The van der Waals surface area contributed by atoms with Crippen molar-refractivity contribution < 1.29 is 19.5 Å². The molecule has 0 bridgehead atoms. The van der Waals surface area contributed by atoms with E-state index >= 15 is 0 Å². The van der Waals surface area contributed by atoms with Gasteiger partial charge in [0.1, 0.15) is 6.10 Å². The summed E-state index contributed by atoms with van der Waals surface area (Å²) >= 11 is 0. The van der Waals surface area contributed by atoms with Gasteiger partial charge in [-0.25, -0.2) is 0 Å². The van der Waals surface area contributed by atoms with E-state index in [4.69, 9.17) is 0 Å². The molecule has 1 aliphatic rings. The van der Waals surface area contributed by atoms with Crippen molar-refractivity contribution in [2.24, 2.45) is 0 Å². The molecule has 1 unspecified atom stereocenters. The highest BCUT2D eigenvalue weighted by Crippen LogP contribution is 2.26. The Bertz CT molecular complexity index is 261. The second kappa shape index (κ2) is 3.14. The monoisotopic (exact) mass is 207 g/mol. The molecule has 0 amide bonds. The van der Waals surface area contributed by atoms with Crippen molar-refractivity contribution in [3.63, 3.8) is 0 Å². The lowest BCUT2D eigenvalue weighted by Crippen LogP contribution is -2.54. The van der Waals surface area contributed by atoms with Gasteiger partial charge in [-0.05, 0) is 0 Å². The Hall–Kier alpha value is -1.84. The third kappa shape index (κ3) is 1.46. The quantitative estimate of drug-likeness (QED) is 0.250. The Morgan fingerprint density at radius 1 is 1.14 bits per heavy atom. The summed E-state index contributed by atoms with van der Waals surface area (Å²) in [7, 11) is 0. The van der Waals surface area contributed by atoms with Crippen LogP contribution in [0.4, 0.5) is 0 Å². The Morgan fingerprint density at radius 2 is 1.50 bits per heavy atom. The lowest BCUT2D eigenvalue weighted by atomic mass is 10.2. The smallest absolute Gasteiger partial charge is 0.372 e. The van der Waals surface area contributed by atoms with E-state index in [9.17, 15) is 30.3 Å². The molecule has 1 fully saturated rings. The van der Waals surface area contributed by atoms with E-state index in [2.05, 4.69) is 4.74 Å². The largest absolute Gasteiger partial charge is 0.702 e. The summed E-state index contributed by atoms with van der Waals surface area (Å²) in [5.74, 6) is -3.37. The average molecular weight is 207 g/mol. The molecule has 1 rings (SSSR count). The Morgan fingerprint density at radius 3 is 1.71 bits per heavy atom. The molecule has 1 atom stereocenters. The second-order valence-corrected chi connectivity index (χ2v) is 2.71. The van der Waals surface area contributed by atoms with Gasteiger partial charge in [-0.15, -0.1) is 0 Å². The van der Waals surface area contributed by atoms with Crippen LogP contribution in [0.1, 0.15) is 6.42 Å². The van der Waals surface area contributed by atoms with E-state index in [1.54, 1.807) is 0 Å². The minimum atomic E-state index is -3.37. The van der Waals surface area contributed by atoms with Gasteiger partial charge < -0.3 is 4.74 Å². The summed E-state index contributed by atoms with van der Waals surface area (Å²) in [5, 5.41) is 31.0. The minimum absolute atomic E-state index is 0.0806. The summed E-state index contributed by atoms with van der Waals surface area (Å²) < 4.78 is 4.50. The maximum Gasteiger partial charge on any atom is 0.702 e. The van der Waals surface area contributed by atoms with Crippen molar-refractivity contribution in [3.8, 4) is 0 Å². The number of hydrogen-bond donors (Lipinski definition) is 0. The maximum absolute atomic E-state index is 10.3. The molecule has 1 saturated heterocycles. The summed E-state index contributed by atoms with van der Waals surface area (Å²) in [5.41, 5.74) is 0. The molecular formula is C4H5N3O7. The van der Waals surface area contributed by atoms with Crippen molar-refractivity contribution in [2.75, 3.05) is 6.61 Å². The van der Waals surface area contributed by atoms with Crippen LogP contribution in [0.5, 0.6) is 0 Å². The first-order chi connectivity index (χ1) is 6.41. The second-order valence-electron chi connectivity index (χ2n) is 2.71. The molecule has 1 aliphatic heterocycles. The maximum atomic E-state index is 10.3. The van der Waals surface area contributed by atoms with Crippen LogP contribution in [-0.4, -0.2) is 33.3 Å². The highest BCUT2D eigenvalue weighted by atomic mass is 16.7. The molecule has 1 heterocycles. The van der Waals surface area contributed by atoms with E-state index in [0.29, 0.717) is 0 Å². The van der Waals surface area contributed by atoms with Gasteiger partial charge >= 0.3 is 5.79 Å². The first kappa shape index (κ1) is 10.2. The zero-order valence-corrected chi connectivity index (χ0v) is 6.69. The normalized spacial score (nSPS) is 20.1. The summed E-state index contributed by atoms with van der Waals surface area (Å²) in [6.45, 7) is 0.0806. The standard InChI is InChI=1S/C4H5N3O7/c8-5(9)4(6(10)11,7(12)13)1-3-2-14-3/h3H,1-2H2. The molecule has 78 valence electrons. The van der Waals surface area contributed by atoms with Crippen LogP contribution in [0.25, 0.3) is 0 Å². The molecule has 10 heteroatoms. The van der Waals surface area contributed by atoms with Gasteiger partial charge in [-0.3, -0.25) is 30.3 Å². The van der Waals surface area contributed by atoms with E-state index in [1.807, 2.05) is 0 Å². The number of epoxide rings is 1. The summed E-state index contributed by atoms with van der Waals surface area (Å²) in [6, 6.07) is 0. The van der Waals surface area contributed by atoms with Crippen LogP contribution < -0.4 is 0 Å². The van der Waals surface area contributed by atoms with Crippen LogP contribution in [0.3, 0.4) is 0 Å². The third-order valence-electron chi connectivity index (χ3n) is 1.78. The summed E-state index contributed by atoms with van der Waals surface area (Å²) in [4.78, 5) is 26.5. The van der Waals surface area contributed by atoms with Gasteiger partial charge in [0.25, 0.3) is 0 Å². The molecule has 14 heavy (non-hydrogen) atoms. The highest BCUT2D eigenvalue weighted by molar-refractivity contribution is 4.73. The predicted molar refractivity (Wildman–Crippen MR) is 38.1 cm³/mol. The number of nitro groups is 3. The van der Waals surface area contributed by atoms with Crippen LogP contribution in [0.2, 0.25) is 0 Å². The average Bonchev–Trinajstić information content (AvgIpc) is 2.80. The molecule has 0 N–H and O–H groups in total. The van der Waals surface area contributed by atoms with Crippen LogP contribution >= 0.6 is 0 Å². The molecule has 0 aromatic carbocycles. The minimum Gasteiger partial charge on any atom is -0.372 e. The fourth-order valence-electron chi connectivity index (χ4n) is 0.915. The Labute approximate surface area is 75.9 Å². The first-order valence-electron chi connectivity index (χ1n) is 3.46. The molecule has 0 radical (unpaired) electrons. The van der Waals surface area contributed by atoms with Gasteiger partial charge in [0.15, 0.2) is 21.2 Å². The van der Waals surface area contributed by atoms with Crippen molar-refractivity contribution in [1.82, 2.24) is 0 Å². The Balaban J connectivity index is 2.99. The van der Waals surface area contributed by atoms with E-state index < -0.39 is 33.1 Å². The molecule has 0 aromatic rings. The van der Waals surface area contributed by atoms with Crippen molar-refractivity contribution in [1.29, 1.82) is 0 Å². The molecule has 0 spiro atoms. The first-order valence-corrected chi connectivity index (χ1v) is 3.46. The van der Waals surface area contributed by atoms with Gasteiger partial charge in [0, 0.05) is 0 Å².